The molecule has 0 bridgehead atoms. The van der Waals surface area contributed by atoms with Crippen LogP contribution in [0.25, 0.3) is 0 Å². The number of nitrogens with one attached hydrogen (secondary N) is 2. The van der Waals surface area contributed by atoms with Gasteiger partial charge in [0.05, 0.1) is 6.04 Å². The summed E-state index contributed by atoms with van der Waals surface area (Å²) in [6.07, 6.45) is 4.72. The molecule has 1 aliphatic heterocycles. The number of carboxylic acid groups (broad SMARTS) is 2. The largest absolute Gasteiger partial charge is 0.481 e. The van der Waals surface area contributed by atoms with E-state index in [4.69, 9.17) is 10.8 Å². The summed E-state index contributed by atoms with van der Waals surface area (Å²) in [5.41, 5.74) is 5.87. The van der Waals surface area contributed by atoms with Gasteiger partial charge in [0.1, 0.15) is 18.1 Å². The Morgan fingerprint density at radius 3 is 2.21 bits per heavy atom. The Kier molecular flexibility index (Phi) is 13.2. The zero-order chi connectivity index (χ0) is 25.0. The van der Waals surface area contributed by atoms with Gasteiger partial charge in [0.2, 0.25) is 17.7 Å². The Labute approximate surface area is 202 Å². The van der Waals surface area contributed by atoms with Crippen LogP contribution in [-0.4, -0.2) is 99.5 Å². The van der Waals surface area contributed by atoms with Crippen LogP contribution >= 0.6 is 23.5 Å². The molecule has 1 rings (SSSR count). The molecule has 1 heterocycles. The van der Waals surface area contributed by atoms with Crippen LogP contribution in [0.3, 0.4) is 0 Å². The topological polar surface area (TPSA) is 179 Å². The fourth-order valence-electron chi connectivity index (χ4n) is 3.44. The maximum absolute atomic E-state index is 13.2. The van der Waals surface area contributed by atoms with Crippen molar-refractivity contribution in [2.75, 3.05) is 30.6 Å². The van der Waals surface area contributed by atoms with Crippen molar-refractivity contribution in [2.45, 2.75) is 62.7 Å². The van der Waals surface area contributed by atoms with Crippen molar-refractivity contribution in [3.8, 4) is 0 Å². The number of hydrogen-bond donors (Lipinski definition) is 5. The van der Waals surface area contributed by atoms with Crippen LogP contribution in [0.4, 0.5) is 0 Å². The molecule has 188 valence electrons. The summed E-state index contributed by atoms with van der Waals surface area (Å²) in [5, 5.41) is 23.5. The maximum atomic E-state index is 13.2. The van der Waals surface area contributed by atoms with E-state index in [-0.39, 0.29) is 25.8 Å². The molecule has 0 aliphatic carbocycles. The molecule has 0 radical (unpaired) electrons. The molecular weight excluding hydrogens is 472 g/mol. The predicted octanol–water partition coefficient (Wildman–Crippen LogP) is -0.270. The second kappa shape index (κ2) is 15.0. The molecule has 0 aromatic heterocycles. The lowest BCUT2D eigenvalue weighted by atomic mass is 10.1. The monoisotopic (exact) mass is 506 g/mol. The van der Waals surface area contributed by atoms with E-state index in [1.807, 2.05) is 12.5 Å². The van der Waals surface area contributed by atoms with Crippen molar-refractivity contribution in [3.05, 3.63) is 0 Å². The normalized spacial score (nSPS) is 18.3. The summed E-state index contributed by atoms with van der Waals surface area (Å²) in [7, 11) is 0. The summed E-state index contributed by atoms with van der Waals surface area (Å²) < 4.78 is 0. The minimum Gasteiger partial charge on any atom is -0.481 e. The van der Waals surface area contributed by atoms with Gasteiger partial charge < -0.3 is 31.5 Å². The highest BCUT2D eigenvalue weighted by Crippen LogP contribution is 2.20. The van der Waals surface area contributed by atoms with Crippen molar-refractivity contribution in [2.24, 2.45) is 5.73 Å². The number of hydrogen-bond acceptors (Lipinski definition) is 8. The molecule has 1 fully saturated rings. The van der Waals surface area contributed by atoms with E-state index < -0.39 is 53.8 Å². The molecule has 0 aromatic rings. The highest BCUT2D eigenvalue weighted by Gasteiger charge is 2.39. The highest BCUT2D eigenvalue weighted by molar-refractivity contribution is 7.98. The van der Waals surface area contributed by atoms with E-state index in [0.717, 1.165) is 0 Å². The van der Waals surface area contributed by atoms with Crippen molar-refractivity contribution in [3.63, 3.8) is 0 Å². The molecule has 3 amide bonds. The lowest BCUT2D eigenvalue weighted by Crippen LogP contribution is -2.57. The third kappa shape index (κ3) is 9.80. The Bertz CT molecular complexity index is 710. The first-order chi connectivity index (χ1) is 15.6. The lowest BCUT2D eigenvalue weighted by Gasteiger charge is -2.29. The smallest absolute Gasteiger partial charge is 0.326 e. The van der Waals surface area contributed by atoms with E-state index in [1.165, 1.54) is 28.4 Å². The summed E-state index contributed by atoms with van der Waals surface area (Å²) in [6, 6.07) is -3.94. The zero-order valence-corrected chi connectivity index (χ0v) is 20.6. The van der Waals surface area contributed by atoms with Gasteiger partial charge in [-0.1, -0.05) is 0 Å². The Morgan fingerprint density at radius 1 is 1.00 bits per heavy atom. The summed E-state index contributed by atoms with van der Waals surface area (Å²) >= 11 is 2.98. The molecule has 13 heteroatoms. The molecule has 4 atom stereocenters. The summed E-state index contributed by atoms with van der Waals surface area (Å²) in [4.78, 5) is 62.3. The summed E-state index contributed by atoms with van der Waals surface area (Å²) in [6.45, 7) is 0.247. The van der Waals surface area contributed by atoms with Gasteiger partial charge in [0.25, 0.3) is 0 Å². The molecular formula is C20H34N4O7S2. The first-order valence-corrected chi connectivity index (χ1v) is 13.5. The van der Waals surface area contributed by atoms with E-state index in [0.29, 0.717) is 30.8 Å². The standard InChI is InChI=1S/C20H34N4O7S2/c1-32-10-7-12(21)17(27)22-13(5-6-16(25)26)19(29)24-9-3-4-15(24)18(28)23-14(20(30)31)8-11-33-2/h12-15H,3-11,21H2,1-2H3,(H,22,27)(H,23,28)(H,25,26)(H,30,31). The number of nitrogens with two attached hydrogens (primary N) is 1. The van der Waals surface area contributed by atoms with Gasteiger partial charge in [-0.05, 0) is 56.1 Å². The van der Waals surface area contributed by atoms with Crippen LogP contribution in [0.1, 0.15) is 38.5 Å². The quantitative estimate of drug-likeness (QED) is 0.198. The predicted molar refractivity (Wildman–Crippen MR) is 127 cm³/mol. The molecule has 0 saturated carbocycles. The first-order valence-electron chi connectivity index (χ1n) is 10.7. The zero-order valence-electron chi connectivity index (χ0n) is 19.0. The number of nitrogens with zero attached hydrogens (tertiary/aromatic N) is 1. The van der Waals surface area contributed by atoms with Crippen LogP contribution in [-0.2, 0) is 24.0 Å². The van der Waals surface area contributed by atoms with E-state index in [2.05, 4.69) is 10.6 Å². The van der Waals surface area contributed by atoms with Gasteiger partial charge >= 0.3 is 11.9 Å². The average Bonchev–Trinajstić information content (AvgIpc) is 3.26. The van der Waals surface area contributed by atoms with E-state index >= 15 is 0 Å². The Balaban J connectivity index is 2.92. The number of likely N-dealkylation sites (tertiary alicyclic amines) is 1. The average molecular weight is 507 g/mol. The Hall–Kier alpha value is -1.99. The van der Waals surface area contributed by atoms with Gasteiger partial charge in [-0.25, -0.2) is 4.79 Å². The number of carboxylic acids is 2. The van der Waals surface area contributed by atoms with Crippen molar-refractivity contribution in [1.29, 1.82) is 0 Å². The molecule has 6 N–H and O–H groups in total. The minimum absolute atomic E-state index is 0.147. The van der Waals surface area contributed by atoms with Crippen LogP contribution in [0.15, 0.2) is 0 Å². The van der Waals surface area contributed by atoms with Gasteiger partial charge in [0, 0.05) is 13.0 Å². The number of carbonyl (C=O) groups is 5. The Morgan fingerprint density at radius 2 is 1.64 bits per heavy atom. The van der Waals surface area contributed by atoms with E-state index in [9.17, 15) is 29.1 Å². The van der Waals surface area contributed by atoms with Crippen LogP contribution in [0.5, 0.6) is 0 Å². The second-order valence-electron chi connectivity index (χ2n) is 7.75. The second-order valence-corrected chi connectivity index (χ2v) is 9.72. The first kappa shape index (κ1) is 29.0. The van der Waals surface area contributed by atoms with E-state index in [1.54, 1.807) is 0 Å². The van der Waals surface area contributed by atoms with Crippen LogP contribution < -0.4 is 16.4 Å². The van der Waals surface area contributed by atoms with Crippen molar-refractivity contribution < 1.29 is 34.2 Å². The molecule has 1 aliphatic rings. The van der Waals surface area contributed by atoms with Gasteiger partial charge in [-0.2, -0.15) is 23.5 Å². The van der Waals surface area contributed by atoms with Gasteiger partial charge in [-0.3, -0.25) is 19.2 Å². The molecule has 33 heavy (non-hydrogen) atoms. The highest BCUT2D eigenvalue weighted by atomic mass is 32.2. The van der Waals surface area contributed by atoms with Gasteiger partial charge in [-0.15, -0.1) is 0 Å². The van der Waals surface area contributed by atoms with Crippen molar-refractivity contribution in [1.82, 2.24) is 15.5 Å². The SMILES string of the molecule is CSCCC(N)C(=O)NC(CCC(=O)O)C(=O)N1CCCC1C(=O)NC(CCSC)C(=O)O. The minimum atomic E-state index is -1.15. The molecule has 0 aromatic carbocycles. The van der Waals surface area contributed by atoms with Crippen LogP contribution in [0, 0.1) is 0 Å². The van der Waals surface area contributed by atoms with Gasteiger partial charge in [0.15, 0.2) is 0 Å². The number of rotatable bonds is 15. The third-order valence-electron chi connectivity index (χ3n) is 5.29. The number of amides is 3. The molecule has 11 nitrogen and oxygen atoms in total. The molecule has 0 spiro atoms. The maximum Gasteiger partial charge on any atom is 0.326 e. The fourth-order valence-corrected chi connectivity index (χ4v) is 4.41. The van der Waals surface area contributed by atoms with Crippen LogP contribution in [0.2, 0.25) is 0 Å². The third-order valence-corrected chi connectivity index (χ3v) is 6.58. The molecule has 4 unspecified atom stereocenters. The fraction of sp³-hybridized carbons (Fsp3) is 0.750. The number of carbonyl (C=O) groups excluding carboxylic acids is 3. The number of aliphatic carboxylic acids is 2. The lowest BCUT2D eigenvalue weighted by molar-refractivity contribution is -0.145. The summed E-state index contributed by atoms with van der Waals surface area (Å²) in [5.74, 6) is -2.79. The number of thioether (sulfide) groups is 2. The molecule has 1 saturated heterocycles. The van der Waals surface area contributed by atoms with Crippen molar-refractivity contribution >= 4 is 53.2 Å².